The Morgan fingerprint density at radius 3 is 2.60 bits per heavy atom. The third kappa shape index (κ3) is 3.82. The van der Waals surface area contributed by atoms with E-state index in [2.05, 4.69) is 6.92 Å². The van der Waals surface area contributed by atoms with Gasteiger partial charge in [-0.2, -0.15) is 11.3 Å². The highest BCUT2D eigenvalue weighted by Crippen LogP contribution is 2.34. The number of carbonyl (C=O) groups excluding carboxylic acids is 2. The smallest absolute Gasteiger partial charge is 0.414 e. The van der Waals surface area contributed by atoms with Crippen molar-refractivity contribution in [2.24, 2.45) is 0 Å². The molecule has 0 atom stereocenters. The maximum absolute atomic E-state index is 13.1. The van der Waals surface area contributed by atoms with Crippen LogP contribution in [0.15, 0.2) is 47.2 Å². The second kappa shape index (κ2) is 8.12. The van der Waals surface area contributed by atoms with E-state index in [0.29, 0.717) is 30.8 Å². The first-order valence-electron chi connectivity index (χ1n) is 8.52. The predicted molar refractivity (Wildman–Crippen MR) is 100 cm³/mol. The number of unbranched alkanes of at least 4 members (excludes halogenated alkanes) is 1. The summed E-state index contributed by atoms with van der Waals surface area (Å²) in [4.78, 5) is 26.9. The van der Waals surface area contributed by atoms with E-state index in [1.165, 1.54) is 0 Å². The third-order valence-electron chi connectivity index (χ3n) is 4.16. The van der Waals surface area contributed by atoms with Crippen LogP contribution < -0.4 is 0 Å². The maximum atomic E-state index is 13.1. The number of allylic oxidation sites excluding steroid dienone is 1. The largest absolute Gasteiger partial charge is 0.447 e. The number of hydrogen-bond acceptors (Lipinski definition) is 4. The molecule has 5 heteroatoms. The SMILES string of the molecule is CCCCC(=O)/C(=C(\c1ccsc1)N1CCOC1=O)c1ccccc1. The zero-order chi connectivity index (χ0) is 17.6. The van der Waals surface area contributed by atoms with Crippen LogP contribution in [0.2, 0.25) is 0 Å². The molecular formula is C20H21NO3S. The van der Waals surface area contributed by atoms with E-state index < -0.39 is 6.09 Å². The predicted octanol–water partition coefficient (Wildman–Crippen LogP) is 4.83. The quantitative estimate of drug-likeness (QED) is 0.669. The molecule has 0 radical (unpaired) electrons. The molecule has 0 unspecified atom stereocenters. The first-order chi connectivity index (χ1) is 12.2. The van der Waals surface area contributed by atoms with Crippen molar-refractivity contribution < 1.29 is 14.3 Å². The summed E-state index contributed by atoms with van der Waals surface area (Å²) in [6.07, 6.45) is 1.86. The van der Waals surface area contributed by atoms with E-state index in [-0.39, 0.29) is 5.78 Å². The highest BCUT2D eigenvalue weighted by Gasteiger charge is 2.31. The molecule has 1 aromatic heterocycles. The highest BCUT2D eigenvalue weighted by molar-refractivity contribution is 7.08. The van der Waals surface area contributed by atoms with Crippen LogP contribution in [0.25, 0.3) is 11.3 Å². The van der Waals surface area contributed by atoms with Gasteiger partial charge in [-0.1, -0.05) is 43.7 Å². The number of nitrogens with zero attached hydrogens (tertiary/aromatic N) is 1. The van der Waals surface area contributed by atoms with Gasteiger partial charge < -0.3 is 4.74 Å². The Bertz CT molecular complexity index is 766. The van der Waals surface area contributed by atoms with E-state index in [9.17, 15) is 9.59 Å². The van der Waals surface area contributed by atoms with Gasteiger partial charge in [-0.3, -0.25) is 9.69 Å². The number of cyclic esters (lactones) is 1. The van der Waals surface area contributed by atoms with Crippen molar-refractivity contribution >= 4 is 34.5 Å². The minimum absolute atomic E-state index is 0.0638. The molecule has 1 aliphatic heterocycles. The Morgan fingerprint density at radius 2 is 2.00 bits per heavy atom. The summed E-state index contributed by atoms with van der Waals surface area (Å²) < 4.78 is 5.14. The van der Waals surface area contributed by atoms with Gasteiger partial charge in [0.2, 0.25) is 0 Å². The minimum Gasteiger partial charge on any atom is -0.447 e. The Balaban J connectivity index is 2.18. The third-order valence-corrected chi connectivity index (χ3v) is 4.84. The summed E-state index contributed by atoms with van der Waals surface area (Å²) in [7, 11) is 0. The van der Waals surface area contributed by atoms with Gasteiger partial charge in [0.15, 0.2) is 5.78 Å². The number of amides is 1. The lowest BCUT2D eigenvalue weighted by atomic mass is 9.93. The standard InChI is InChI=1S/C20H21NO3S/c1-2-3-9-17(22)18(15-7-5-4-6-8-15)19(16-10-13-25-14-16)21-11-12-24-20(21)23/h4-8,10,13-14H,2-3,9,11-12H2,1H3/b19-18+. The number of ketones is 1. The van der Waals surface area contributed by atoms with Crippen LogP contribution in [0.3, 0.4) is 0 Å². The van der Waals surface area contributed by atoms with Gasteiger partial charge >= 0.3 is 6.09 Å². The fraction of sp³-hybridized carbons (Fsp3) is 0.300. The number of ether oxygens (including phenoxy) is 1. The fourth-order valence-corrected chi connectivity index (χ4v) is 3.57. The van der Waals surface area contributed by atoms with Crippen molar-refractivity contribution in [2.75, 3.05) is 13.2 Å². The molecule has 2 heterocycles. The van der Waals surface area contributed by atoms with Gasteiger partial charge in [0.05, 0.1) is 12.2 Å². The van der Waals surface area contributed by atoms with E-state index in [0.717, 1.165) is 24.0 Å². The molecule has 1 fully saturated rings. The van der Waals surface area contributed by atoms with Crippen LogP contribution in [0.1, 0.15) is 37.3 Å². The zero-order valence-corrected chi connectivity index (χ0v) is 15.1. The molecule has 1 amide bonds. The molecule has 1 saturated heterocycles. The zero-order valence-electron chi connectivity index (χ0n) is 14.2. The Hall–Kier alpha value is -2.40. The summed E-state index contributed by atoms with van der Waals surface area (Å²) in [5, 5.41) is 3.92. The van der Waals surface area contributed by atoms with Crippen molar-refractivity contribution in [2.45, 2.75) is 26.2 Å². The summed E-state index contributed by atoms with van der Waals surface area (Å²) in [5.74, 6) is 0.0638. The lowest BCUT2D eigenvalue weighted by molar-refractivity contribution is -0.113. The van der Waals surface area contributed by atoms with Gasteiger partial charge in [0.1, 0.15) is 6.61 Å². The van der Waals surface area contributed by atoms with Gasteiger partial charge in [-0.15, -0.1) is 0 Å². The topological polar surface area (TPSA) is 46.6 Å². The second-order valence-electron chi connectivity index (χ2n) is 5.89. The average molecular weight is 355 g/mol. The molecule has 2 aromatic rings. The van der Waals surface area contributed by atoms with Crippen molar-refractivity contribution in [3.05, 3.63) is 58.3 Å². The summed E-state index contributed by atoms with van der Waals surface area (Å²) in [6, 6.07) is 11.5. The molecule has 4 nitrogen and oxygen atoms in total. The molecule has 0 bridgehead atoms. The summed E-state index contributed by atoms with van der Waals surface area (Å²) in [5.41, 5.74) is 2.99. The number of carbonyl (C=O) groups is 2. The lowest BCUT2D eigenvalue weighted by Crippen LogP contribution is -2.25. The fourth-order valence-electron chi connectivity index (χ4n) is 2.93. The van der Waals surface area contributed by atoms with Crippen LogP contribution in [0.4, 0.5) is 4.79 Å². The van der Waals surface area contributed by atoms with Crippen molar-refractivity contribution in [3.8, 4) is 0 Å². The lowest BCUT2D eigenvalue weighted by Gasteiger charge is -2.21. The Morgan fingerprint density at radius 1 is 1.20 bits per heavy atom. The number of benzene rings is 1. The first-order valence-corrected chi connectivity index (χ1v) is 9.46. The molecule has 1 aromatic carbocycles. The van der Waals surface area contributed by atoms with E-state index in [1.54, 1.807) is 16.2 Å². The average Bonchev–Trinajstić information content (AvgIpc) is 3.30. The second-order valence-corrected chi connectivity index (χ2v) is 6.67. The van der Waals surface area contributed by atoms with Crippen molar-refractivity contribution in [3.63, 3.8) is 0 Å². The number of hydrogen-bond donors (Lipinski definition) is 0. The first kappa shape index (κ1) is 17.4. The highest BCUT2D eigenvalue weighted by atomic mass is 32.1. The molecular weight excluding hydrogens is 334 g/mol. The maximum Gasteiger partial charge on any atom is 0.414 e. The molecule has 0 N–H and O–H groups in total. The van der Waals surface area contributed by atoms with Gasteiger partial charge in [-0.25, -0.2) is 4.79 Å². The normalized spacial score (nSPS) is 15.1. The monoisotopic (exact) mass is 355 g/mol. The van der Waals surface area contributed by atoms with Crippen molar-refractivity contribution in [1.29, 1.82) is 0 Å². The molecule has 0 saturated carbocycles. The number of thiophene rings is 1. The van der Waals surface area contributed by atoms with Crippen LogP contribution in [0.5, 0.6) is 0 Å². The number of Topliss-reactive ketones (excluding diaryl/α,β-unsaturated/α-hetero) is 1. The van der Waals surface area contributed by atoms with Gasteiger partial charge in [0, 0.05) is 22.9 Å². The van der Waals surface area contributed by atoms with Gasteiger partial charge in [-0.05, 0) is 23.4 Å². The van der Waals surface area contributed by atoms with Crippen LogP contribution in [-0.2, 0) is 9.53 Å². The Kier molecular flexibility index (Phi) is 5.66. The van der Waals surface area contributed by atoms with Crippen LogP contribution in [-0.4, -0.2) is 29.9 Å². The Labute approximate surface area is 151 Å². The molecule has 3 rings (SSSR count). The van der Waals surface area contributed by atoms with E-state index in [1.807, 2.05) is 47.2 Å². The number of rotatable bonds is 7. The van der Waals surface area contributed by atoms with Crippen LogP contribution in [0, 0.1) is 0 Å². The van der Waals surface area contributed by atoms with E-state index >= 15 is 0 Å². The minimum atomic E-state index is -0.391. The molecule has 0 aliphatic carbocycles. The molecule has 1 aliphatic rings. The molecule has 130 valence electrons. The van der Waals surface area contributed by atoms with Crippen LogP contribution >= 0.6 is 11.3 Å². The summed E-state index contributed by atoms with van der Waals surface area (Å²) in [6.45, 7) is 2.87. The summed E-state index contributed by atoms with van der Waals surface area (Å²) >= 11 is 1.55. The molecule has 25 heavy (non-hydrogen) atoms. The van der Waals surface area contributed by atoms with E-state index in [4.69, 9.17) is 4.74 Å². The molecule has 0 spiro atoms. The van der Waals surface area contributed by atoms with Crippen molar-refractivity contribution in [1.82, 2.24) is 4.90 Å². The van der Waals surface area contributed by atoms with Gasteiger partial charge in [0.25, 0.3) is 0 Å².